The van der Waals surface area contributed by atoms with Crippen LogP contribution in [0, 0.1) is 0 Å². The molecule has 5 heteroatoms. The predicted molar refractivity (Wildman–Crippen MR) is 70.4 cm³/mol. The Kier molecular flexibility index (Phi) is 4.90. The van der Waals surface area contributed by atoms with Gasteiger partial charge in [0.15, 0.2) is 0 Å². The molecule has 0 atom stereocenters. The van der Waals surface area contributed by atoms with E-state index in [-0.39, 0.29) is 11.7 Å². The van der Waals surface area contributed by atoms with Crippen molar-refractivity contribution in [2.24, 2.45) is 5.73 Å². The van der Waals surface area contributed by atoms with Gasteiger partial charge in [0.2, 0.25) is 5.76 Å². The SMILES string of the molecule is CCC(CC)c1cc(C(=O)NCC(C)(C)N)on1. The molecule has 5 nitrogen and oxygen atoms in total. The lowest BCUT2D eigenvalue weighted by Crippen LogP contribution is -2.45. The number of hydrogen-bond acceptors (Lipinski definition) is 4. The Hall–Kier alpha value is -1.36. The van der Waals surface area contributed by atoms with Gasteiger partial charge in [0, 0.05) is 24.1 Å². The molecule has 1 heterocycles. The molecular formula is C13H23N3O2. The van der Waals surface area contributed by atoms with Gasteiger partial charge in [-0.2, -0.15) is 0 Å². The van der Waals surface area contributed by atoms with Crippen LogP contribution in [0.3, 0.4) is 0 Å². The van der Waals surface area contributed by atoms with Crippen molar-refractivity contribution in [2.75, 3.05) is 6.54 Å². The molecule has 0 saturated carbocycles. The van der Waals surface area contributed by atoms with E-state index in [1.54, 1.807) is 6.07 Å². The van der Waals surface area contributed by atoms with Crippen molar-refractivity contribution in [3.63, 3.8) is 0 Å². The van der Waals surface area contributed by atoms with Crippen LogP contribution in [0.5, 0.6) is 0 Å². The fourth-order valence-corrected chi connectivity index (χ4v) is 1.69. The number of nitrogens with zero attached hydrogens (tertiary/aromatic N) is 1. The fourth-order valence-electron chi connectivity index (χ4n) is 1.69. The first-order chi connectivity index (χ1) is 8.37. The van der Waals surface area contributed by atoms with Crippen LogP contribution in [0.15, 0.2) is 10.6 Å². The monoisotopic (exact) mass is 253 g/mol. The summed E-state index contributed by atoms with van der Waals surface area (Å²) in [4.78, 5) is 11.8. The summed E-state index contributed by atoms with van der Waals surface area (Å²) in [5.74, 6) is 0.334. The zero-order valence-corrected chi connectivity index (χ0v) is 11.6. The Morgan fingerprint density at radius 2 is 2.11 bits per heavy atom. The van der Waals surface area contributed by atoms with Crippen LogP contribution in [-0.4, -0.2) is 23.1 Å². The second kappa shape index (κ2) is 6.00. The van der Waals surface area contributed by atoms with E-state index in [1.807, 2.05) is 13.8 Å². The maximum absolute atomic E-state index is 11.8. The Morgan fingerprint density at radius 1 is 1.50 bits per heavy atom. The summed E-state index contributed by atoms with van der Waals surface area (Å²) < 4.78 is 5.07. The molecule has 0 fully saturated rings. The molecule has 0 aromatic carbocycles. The summed E-state index contributed by atoms with van der Waals surface area (Å²) in [6.07, 6.45) is 1.97. The first-order valence-electron chi connectivity index (χ1n) is 6.41. The topological polar surface area (TPSA) is 81.2 Å². The number of hydrogen-bond donors (Lipinski definition) is 2. The molecule has 0 saturated heterocycles. The summed E-state index contributed by atoms with van der Waals surface area (Å²) in [5.41, 5.74) is 6.21. The quantitative estimate of drug-likeness (QED) is 0.813. The van der Waals surface area contributed by atoms with E-state index in [1.165, 1.54) is 0 Å². The molecule has 3 N–H and O–H groups in total. The van der Waals surface area contributed by atoms with Crippen molar-refractivity contribution in [2.45, 2.75) is 52.0 Å². The first-order valence-corrected chi connectivity index (χ1v) is 6.41. The molecule has 0 radical (unpaired) electrons. The second-order valence-electron chi connectivity index (χ2n) is 5.30. The highest BCUT2D eigenvalue weighted by molar-refractivity contribution is 5.91. The Balaban J connectivity index is 2.65. The predicted octanol–water partition coefficient (Wildman–Crippen LogP) is 2.05. The van der Waals surface area contributed by atoms with Gasteiger partial charge in [-0.05, 0) is 26.7 Å². The average Bonchev–Trinajstić information content (AvgIpc) is 2.76. The van der Waals surface area contributed by atoms with Crippen LogP contribution in [-0.2, 0) is 0 Å². The number of nitrogens with one attached hydrogen (secondary N) is 1. The van der Waals surface area contributed by atoms with Gasteiger partial charge in [0.1, 0.15) is 0 Å². The van der Waals surface area contributed by atoms with Crippen molar-refractivity contribution in [1.29, 1.82) is 0 Å². The molecule has 0 aliphatic heterocycles. The molecule has 1 rings (SSSR count). The zero-order valence-electron chi connectivity index (χ0n) is 11.6. The normalized spacial score (nSPS) is 11.9. The Labute approximate surface area is 108 Å². The largest absolute Gasteiger partial charge is 0.351 e. The lowest BCUT2D eigenvalue weighted by Gasteiger charge is -2.18. The van der Waals surface area contributed by atoms with E-state index < -0.39 is 5.54 Å². The van der Waals surface area contributed by atoms with E-state index in [9.17, 15) is 4.79 Å². The molecule has 1 aromatic heterocycles. The molecule has 18 heavy (non-hydrogen) atoms. The Morgan fingerprint density at radius 3 is 2.61 bits per heavy atom. The third kappa shape index (κ3) is 4.14. The maximum atomic E-state index is 11.8. The number of carbonyl (C=O) groups is 1. The van der Waals surface area contributed by atoms with Gasteiger partial charge in [0.05, 0.1) is 5.69 Å². The zero-order chi connectivity index (χ0) is 13.8. The van der Waals surface area contributed by atoms with Gasteiger partial charge in [-0.1, -0.05) is 19.0 Å². The molecule has 0 unspecified atom stereocenters. The Bertz CT molecular complexity index is 389. The van der Waals surface area contributed by atoms with Crippen LogP contribution in [0.2, 0.25) is 0 Å². The minimum atomic E-state index is -0.437. The van der Waals surface area contributed by atoms with Gasteiger partial charge < -0.3 is 15.6 Å². The molecule has 0 bridgehead atoms. The first kappa shape index (κ1) is 14.7. The van der Waals surface area contributed by atoms with Gasteiger partial charge in [-0.25, -0.2) is 0 Å². The number of nitrogens with two attached hydrogens (primary N) is 1. The van der Waals surface area contributed by atoms with Crippen molar-refractivity contribution in [3.8, 4) is 0 Å². The molecule has 0 aliphatic rings. The summed E-state index contributed by atoms with van der Waals surface area (Å²) in [5, 5.41) is 6.69. The third-order valence-electron chi connectivity index (χ3n) is 2.86. The van der Waals surface area contributed by atoms with Crippen molar-refractivity contribution >= 4 is 5.91 Å². The standard InChI is InChI=1S/C13H23N3O2/c1-5-9(6-2)10-7-11(18-16-10)12(17)15-8-13(3,4)14/h7,9H,5-6,8,14H2,1-4H3,(H,15,17). The van der Waals surface area contributed by atoms with E-state index in [0.717, 1.165) is 18.5 Å². The summed E-state index contributed by atoms with van der Waals surface area (Å²) in [7, 11) is 0. The van der Waals surface area contributed by atoms with Crippen LogP contribution >= 0.6 is 0 Å². The minimum absolute atomic E-state index is 0.251. The summed E-state index contributed by atoms with van der Waals surface area (Å²) in [6, 6.07) is 1.72. The number of amides is 1. The molecule has 102 valence electrons. The highest BCUT2D eigenvalue weighted by atomic mass is 16.5. The van der Waals surface area contributed by atoms with Gasteiger partial charge in [0.25, 0.3) is 5.91 Å². The molecule has 1 aromatic rings. The molecule has 0 spiro atoms. The third-order valence-corrected chi connectivity index (χ3v) is 2.86. The summed E-state index contributed by atoms with van der Waals surface area (Å²) in [6.45, 7) is 8.29. The minimum Gasteiger partial charge on any atom is -0.351 e. The van der Waals surface area contributed by atoms with Gasteiger partial charge in [-0.3, -0.25) is 4.79 Å². The lowest BCUT2D eigenvalue weighted by molar-refractivity contribution is 0.0909. The second-order valence-corrected chi connectivity index (χ2v) is 5.30. The fraction of sp³-hybridized carbons (Fsp3) is 0.692. The van der Waals surface area contributed by atoms with Crippen LogP contribution in [0.25, 0.3) is 0 Å². The lowest BCUT2D eigenvalue weighted by atomic mass is 9.99. The van der Waals surface area contributed by atoms with Crippen LogP contribution in [0.4, 0.5) is 0 Å². The van der Waals surface area contributed by atoms with E-state index in [2.05, 4.69) is 24.3 Å². The molecule has 0 aliphatic carbocycles. The van der Waals surface area contributed by atoms with Crippen molar-refractivity contribution in [3.05, 3.63) is 17.5 Å². The average molecular weight is 253 g/mol. The molecule has 1 amide bonds. The maximum Gasteiger partial charge on any atom is 0.289 e. The number of rotatable bonds is 6. The van der Waals surface area contributed by atoms with Crippen molar-refractivity contribution < 1.29 is 9.32 Å². The van der Waals surface area contributed by atoms with Gasteiger partial charge >= 0.3 is 0 Å². The highest BCUT2D eigenvalue weighted by Gasteiger charge is 2.19. The van der Waals surface area contributed by atoms with Crippen LogP contribution < -0.4 is 11.1 Å². The van der Waals surface area contributed by atoms with Crippen molar-refractivity contribution in [1.82, 2.24) is 10.5 Å². The van der Waals surface area contributed by atoms with Gasteiger partial charge in [-0.15, -0.1) is 0 Å². The summed E-state index contributed by atoms with van der Waals surface area (Å²) >= 11 is 0. The van der Waals surface area contributed by atoms with E-state index in [4.69, 9.17) is 10.3 Å². The van der Waals surface area contributed by atoms with E-state index in [0.29, 0.717) is 12.5 Å². The molecular weight excluding hydrogens is 230 g/mol. The van der Waals surface area contributed by atoms with E-state index >= 15 is 0 Å². The smallest absolute Gasteiger partial charge is 0.289 e. The van der Waals surface area contributed by atoms with Crippen LogP contribution in [0.1, 0.15) is 62.7 Å². The highest BCUT2D eigenvalue weighted by Crippen LogP contribution is 2.22. The number of aromatic nitrogens is 1. The number of carbonyl (C=O) groups excluding carboxylic acids is 1.